The first-order valence-corrected chi connectivity index (χ1v) is 8.13. The Morgan fingerprint density at radius 1 is 1.55 bits per heavy atom. The molecule has 0 saturated heterocycles. The number of nitriles is 1. The summed E-state index contributed by atoms with van der Waals surface area (Å²) < 4.78 is 2.15. The molecular weight excluding hydrogens is 296 g/mol. The molecule has 0 saturated carbocycles. The summed E-state index contributed by atoms with van der Waals surface area (Å²) in [5.41, 5.74) is 3.29. The number of hydrogen-bond acceptors (Lipinski definition) is 4. The van der Waals surface area contributed by atoms with Crippen LogP contribution in [0.1, 0.15) is 23.6 Å². The van der Waals surface area contributed by atoms with Crippen molar-refractivity contribution in [2.45, 2.75) is 19.1 Å². The second-order valence-corrected chi connectivity index (χ2v) is 6.21. The van der Waals surface area contributed by atoms with Gasteiger partial charge < -0.3 is 9.72 Å². The SMILES string of the molecule is CN=C(NC#N)NCCSC(C)c1c(C)nc2ccccn12. The summed E-state index contributed by atoms with van der Waals surface area (Å²) in [6, 6.07) is 6.04. The Balaban J connectivity index is 1.93. The molecule has 0 aromatic carbocycles. The van der Waals surface area contributed by atoms with E-state index in [0.29, 0.717) is 11.2 Å². The van der Waals surface area contributed by atoms with Crippen molar-refractivity contribution in [3.05, 3.63) is 35.8 Å². The third-order valence-corrected chi connectivity index (χ3v) is 4.46. The van der Waals surface area contributed by atoms with Crippen LogP contribution in [0.15, 0.2) is 29.4 Å². The highest BCUT2D eigenvalue weighted by Crippen LogP contribution is 2.30. The van der Waals surface area contributed by atoms with Crippen molar-refractivity contribution >= 4 is 23.4 Å². The minimum absolute atomic E-state index is 0.338. The zero-order valence-corrected chi connectivity index (χ0v) is 13.8. The van der Waals surface area contributed by atoms with E-state index < -0.39 is 0 Å². The van der Waals surface area contributed by atoms with Crippen LogP contribution in [0.25, 0.3) is 5.65 Å². The lowest BCUT2D eigenvalue weighted by molar-refractivity contribution is 0.917. The van der Waals surface area contributed by atoms with Crippen molar-refractivity contribution in [3.63, 3.8) is 0 Å². The first kappa shape index (κ1) is 16.2. The van der Waals surface area contributed by atoms with E-state index in [0.717, 1.165) is 23.6 Å². The Bertz CT molecular complexity index is 700. The van der Waals surface area contributed by atoms with E-state index in [2.05, 4.69) is 45.1 Å². The molecule has 2 rings (SSSR count). The molecule has 7 heteroatoms. The molecule has 0 radical (unpaired) electrons. The molecule has 0 spiro atoms. The van der Waals surface area contributed by atoms with Crippen LogP contribution in [0.3, 0.4) is 0 Å². The second-order valence-electron chi connectivity index (χ2n) is 4.76. The third kappa shape index (κ3) is 3.71. The lowest BCUT2D eigenvalue weighted by atomic mass is 10.3. The van der Waals surface area contributed by atoms with Gasteiger partial charge in [-0.1, -0.05) is 6.07 Å². The highest BCUT2D eigenvalue weighted by Gasteiger charge is 2.15. The van der Waals surface area contributed by atoms with E-state index in [4.69, 9.17) is 5.26 Å². The molecule has 0 amide bonds. The Hall–Kier alpha value is -2.20. The molecule has 2 heterocycles. The molecule has 6 nitrogen and oxygen atoms in total. The van der Waals surface area contributed by atoms with Crippen LogP contribution in [0.4, 0.5) is 0 Å². The molecule has 0 aliphatic rings. The zero-order chi connectivity index (χ0) is 15.9. The number of pyridine rings is 1. The number of imidazole rings is 1. The first-order valence-electron chi connectivity index (χ1n) is 7.08. The van der Waals surface area contributed by atoms with Gasteiger partial charge in [0.1, 0.15) is 5.65 Å². The van der Waals surface area contributed by atoms with Crippen molar-refractivity contribution in [3.8, 4) is 6.19 Å². The quantitative estimate of drug-likeness (QED) is 0.290. The van der Waals surface area contributed by atoms with Gasteiger partial charge in [0.2, 0.25) is 5.96 Å². The number of nitrogens with zero attached hydrogens (tertiary/aromatic N) is 4. The number of aryl methyl sites for hydroxylation is 1. The van der Waals surface area contributed by atoms with E-state index >= 15 is 0 Å². The van der Waals surface area contributed by atoms with Crippen LogP contribution in [0.2, 0.25) is 0 Å². The van der Waals surface area contributed by atoms with Crippen LogP contribution >= 0.6 is 11.8 Å². The lowest BCUT2D eigenvalue weighted by Gasteiger charge is -2.13. The van der Waals surface area contributed by atoms with Crippen LogP contribution in [-0.2, 0) is 0 Å². The minimum atomic E-state index is 0.338. The Morgan fingerprint density at radius 2 is 2.36 bits per heavy atom. The number of fused-ring (bicyclic) bond motifs is 1. The first-order chi connectivity index (χ1) is 10.7. The normalized spacial score (nSPS) is 12.9. The minimum Gasteiger partial charge on any atom is -0.355 e. The number of nitrogens with one attached hydrogen (secondary N) is 2. The lowest BCUT2D eigenvalue weighted by Crippen LogP contribution is -2.35. The number of hydrogen-bond donors (Lipinski definition) is 2. The van der Waals surface area contributed by atoms with Crippen molar-refractivity contribution in [2.75, 3.05) is 19.3 Å². The van der Waals surface area contributed by atoms with Crippen LogP contribution < -0.4 is 10.6 Å². The van der Waals surface area contributed by atoms with E-state index in [1.807, 2.05) is 36.2 Å². The number of aromatic nitrogens is 2. The maximum Gasteiger partial charge on any atom is 0.204 e. The summed E-state index contributed by atoms with van der Waals surface area (Å²) in [4.78, 5) is 8.55. The van der Waals surface area contributed by atoms with Gasteiger partial charge >= 0.3 is 0 Å². The van der Waals surface area contributed by atoms with E-state index in [-0.39, 0.29) is 0 Å². The van der Waals surface area contributed by atoms with Crippen molar-refractivity contribution in [1.82, 2.24) is 20.0 Å². The number of aliphatic imine (C=N–C) groups is 1. The Morgan fingerprint density at radius 3 is 3.09 bits per heavy atom. The predicted octanol–water partition coefficient (Wildman–Crippen LogP) is 2.08. The molecule has 0 bridgehead atoms. The summed E-state index contributed by atoms with van der Waals surface area (Å²) >= 11 is 1.84. The smallest absolute Gasteiger partial charge is 0.204 e. The fourth-order valence-electron chi connectivity index (χ4n) is 2.34. The van der Waals surface area contributed by atoms with Crippen LogP contribution in [-0.4, -0.2) is 34.7 Å². The summed E-state index contributed by atoms with van der Waals surface area (Å²) in [7, 11) is 1.64. The van der Waals surface area contributed by atoms with Gasteiger partial charge in [-0.05, 0) is 26.0 Å². The average Bonchev–Trinajstić information content (AvgIpc) is 2.86. The van der Waals surface area contributed by atoms with Gasteiger partial charge in [-0.25, -0.2) is 4.98 Å². The maximum absolute atomic E-state index is 8.57. The van der Waals surface area contributed by atoms with Crippen LogP contribution in [0, 0.1) is 18.4 Å². The van der Waals surface area contributed by atoms with Gasteiger partial charge in [-0.2, -0.15) is 17.0 Å². The van der Waals surface area contributed by atoms with Gasteiger partial charge in [0.25, 0.3) is 0 Å². The molecule has 1 atom stereocenters. The molecular formula is C15H20N6S. The topological polar surface area (TPSA) is 77.5 Å². The monoisotopic (exact) mass is 316 g/mol. The Labute approximate surface area is 134 Å². The van der Waals surface area contributed by atoms with Gasteiger partial charge in [-0.15, -0.1) is 0 Å². The van der Waals surface area contributed by atoms with Gasteiger partial charge in [0.05, 0.1) is 11.4 Å². The van der Waals surface area contributed by atoms with E-state index in [9.17, 15) is 0 Å². The number of guanidine groups is 1. The summed E-state index contributed by atoms with van der Waals surface area (Å²) in [6.07, 6.45) is 3.91. The van der Waals surface area contributed by atoms with Crippen LogP contribution in [0.5, 0.6) is 0 Å². The third-order valence-electron chi connectivity index (χ3n) is 3.30. The van der Waals surface area contributed by atoms with Crippen molar-refractivity contribution in [1.29, 1.82) is 5.26 Å². The number of rotatable bonds is 5. The molecule has 2 aromatic heterocycles. The highest BCUT2D eigenvalue weighted by atomic mass is 32.2. The highest BCUT2D eigenvalue weighted by molar-refractivity contribution is 7.99. The van der Waals surface area contributed by atoms with Crippen molar-refractivity contribution in [2.24, 2.45) is 4.99 Å². The molecule has 0 aliphatic carbocycles. The Kier molecular flexibility index (Phi) is 5.67. The largest absolute Gasteiger partial charge is 0.355 e. The summed E-state index contributed by atoms with van der Waals surface area (Å²) in [5.74, 6) is 1.41. The maximum atomic E-state index is 8.57. The molecule has 116 valence electrons. The molecule has 1 unspecified atom stereocenters. The predicted molar refractivity (Wildman–Crippen MR) is 90.9 cm³/mol. The second kappa shape index (κ2) is 7.71. The molecule has 0 fully saturated rings. The number of thioether (sulfide) groups is 1. The molecule has 22 heavy (non-hydrogen) atoms. The van der Waals surface area contributed by atoms with E-state index in [1.165, 1.54) is 5.69 Å². The molecule has 2 aromatic rings. The van der Waals surface area contributed by atoms with Gasteiger partial charge in [0, 0.05) is 30.8 Å². The summed E-state index contributed by atoms with van der Waals surface area (Å²) in [6.45, 7) is 4.99. The van der Waals surface area contributed by atoms with Gasteiger partial charge in [0.15, 0.2) is 6.19 Å². The standard InChI is InChI=1S/C15H20N6S/c1-11-14(21-8-5-4-6-13(21)20-11)12(2)22-9-7-18-15(17-3)19-10-16/h4-6,8,12H,7,9H2,1-3H3,(H2,17,18,19). The van der Waals surface area contributed by atoms with Gasteiger partial charge in [-0.3, -0.25) is 10.3 Å². The molecule has 0 aliphatic heterocycles. The van der Waals surface area contributed by atoms with E-state index in [1.54, 1.807) is 7.05 Å². The fraction of sp³-hybridized carbons (Fsp3) is 0.400. The average molecular weight is 316 g/mol. The zero-order valence-electron chi connectivity index (χ0n) is 13.0. The van der Waals surface area contributed by atoms with Crippen molar-refractivity contribution < 1.29 is 0 Å². The molecule has 2 N–H and O–H groups in total. The fourth-order valence-corrected chi connectivity index (χ4v) is 3.35. The summed E-state index contributed by atoms with van der Waals surface area (Å²) in [5, 5.41) is 14.5.